The van der Waals surface area contributed by atoms with Crippen LogP contribution in [0.25, 0.3) is 143 Å². The normalized spacial score (nSPS) is 11.3. The number of anilines is 6. The van der Waals surface area contributed by atoms with Gasteiger partial charge in [-0.2, -0.15) is 0 Å². The van der Waals surface area contributed by atoms with E-state index in [1.807, 2.05) is 24.3 Å². The number of fused-ring (bicyclic) bond motifs is 12. The average molecular weight is 1400 g/mol. The van der Waals surface area contributed by atoms with E-state index in [-0.39, 0.29) is 0 Å². The summed E-state index contributed by atoms with van der Waals surface area (Å²) in [7, 11) is 0. The molecule has 0 radical (unpaired) electrons. The maximum absolute atomic E-state index is 3.74. The lowest BCUT2D eigenvalue weighted by Crippen LogP contribution is -1.96. The number of para-hydroxylation sites is 7. The average Bonchev–Trinajstić information content (AvgIpc) is 1.62. The van der Waals surface area contributed by atoms with Gasteiger partial charge in [-0.05, 0) is 185 Å². The SMILES string of the molecule is c1ccc(-c2ccc(-n3c4ccccc4c4ccc(Nc5ccc6c7ccccc7n(-c7ccccc7)c6c5)cc43)cc2)cc1.c1ccc(-c2ccc(Nc3ccc4c(c3)c3ccccc3n4-c3ccccc3)cc2)cc1.c1ccc(Nc2ccc3c4ccccc4n(-c4ccc(-c5ccccc5)cc4)c3c2)cc1. The van der Waals surface area contributed by atoms with Crippen molar-refractivity contribution >= 4 is 121 Å². The fraction of sp³-hybridized carbons (Fsp3) is 0. The van der Waals surface area contributed by atoms with Gasteiger partial charge >= 0.3 is 0 Å². The minimum atomic E-state index is 1.05. The predicted molar refractivity (Wildman–Crippen MR) is 462 cm³/mol. The van der Waals surface area contributed by atoms with Crippen LogP contribution in [0.2, 0.25) is 0 Å². The highest BCUT2D eigenvalue weighted by Crippen LogP contribution is 2.41. The third-order valence-electron chi connectivity index (χ3n) is 20.8. The maximum Gasteiger partial charge on any atom is 0.0561 e. The van der Waals surface area contributed by atoms with Gasteiger partial charge in [-0.1, -0.05) is 273 Å². The summed E-state index contributed by atoms with van der Waals surface area (Å²) >= 11 is 0. The van der Waals surface area contributed by atoms with E-state index in [9.17, 15) is 0 Å². The van der Waals surface area contributed by atoms with Crippen molar-refractivity contribution in [1.29, 1.82) is 0 Å². The molecule has 3 N–H and O–H groups in total. The summed E-state index contributed by atoms with van der Waals surface area (Å²) in [5.41, 5.74) is 28.0. The number of nitrogens with zero attached hydrogens (tertiary/aromatic N) is 4. The second-order valence-electron chi connectivity index (χ2n) is 27.5. The number of hydrogen-bond donors (Lipinski definition) is 3. The molecule has 0 saturated heterocycles. The Kier molecular flexibility index (Phi) is 17.2. The van der Waals surface area contributed by atoms with Gasteiger partial charge < -0.3 is 34.2 Å². The molecular weight excluding hydrogens is 1320 g/mol. The van der Waals surface area contributed by atoms with Gasteiger partial charge in [0.25, 0.3) is 0 Å². The predicted octanol–water partition coefficient (Wildman–Crippen LogP) is 27.7. The minimum Gasteiger partial charge on any atom is -0.356 e. The first kappa shape index (κ1) is 65.1. The number of aromatic nitrogens is 4. The highest BCUT2D eigenvalue weighted by Gasteiger charge is 2.19. The molecule has 21 rings (SSSR count). The molecule has 7 heteroatoms. The largest absolute Gasteiger partial charge is 0.356 e. The van der Waals surface area contributed by atoms with E-state index in [1.54, 1.807) is 0 Å². The van der Waals surface area contributed by atoms with Gasteiger partial charge in [0.05, 0.1) is 44.1 Å². The van der Waals surface area contributed by atoms with Crippen LogP contribution in [0.5, 0.6) is 0 Å². The molecule has 0 atom stereocenters. The molecule has 0 aliphatic carbocycles. The maximum atomic E-state index is 3.74. The third-order valence-corrected chi connectivity index (χ3v) is 20.8. The van der Waals surface area contributed by atoms with Gasteiger partial charge in [0.15, 0.2) is 0 Å². The Morgan fingerprint density at radius 3 is 0.716 bits per heavy atom. The van der Waals surface area contributed by atoms with E-state index in [4.69, 9.17) is 0 Å². The van der Waals surface area contributed by atoms with Crippen LogP contribution in [0.15, 0.2) is 425 Å². The van der Waals surface area contributed by atoms with Gasteiger partial charge in [0.1, 0.15) is 0 Å². The lowest BCUT2D eigenvalue weighted by Gasteiger charge is -2.12. The summed E-state index contributed by atoms with van der Waals surface area (Å²) in [6, 6.07) is 151. The Hall–Kier alpha value is -14.7. The van der Waals surface area contributed by atoms with Crippen LogP contribution >= 0.6 is 0 Å². The highest BCUT2D eigenvalue weighted by molar-refractivity contribution is 6.14. The van der Waals surface area contributed by atoms with Crippen LogP contribution in [0.1, 0.15) is 0 Å². The molecular formula is C102H73N7. The topological polar surface area (TPSA) is 55.8 Å². The van der Waals surface area contributed by atoms with E-state index >= 15 is 0 Å². The van der Waals surface area contributed by atoms with Crippen molar-refractivity contribution in [3.05, 3.63) is 425 Å². The summed E-state index contributed by atoms with van der Waals surface area (Å²) in [6.07, 6.45) is 0. The molecule has 17 aromatic carbocycles. The Morgan fingerprint density at radius 1 is 0.128 bits per heavy atom. The zero-order valence-corrected chi connectivity index (χ0v) is 59.7. The molecule has 0 aliphatic rings. The van der Waals surface area contributed by atoms with E-state index < -0.39 is 0 Å². The smallest absolute Gasteiger partial charge is 0.0561 e. The molecule has 21 aromatic rings. The molecule has 0 aliphatic heterocycles. The monoisotopic (exact) mass is 1400 g/mol. The van der Waals surface area contributed by atoms with Gasteiger partial charge in [-0.3, -0.25) is 0 Å². The Balaban J connectivity index is 0.000000114. The second kappa shape index (κ2) is 28.8. The molecule has 4 aromatic heterocycles. The summed E-state index contributed by atoms with van der Waals surface area (Å²) in [5, 5.41) is 20.9. The molecule has 0 bridgehead atoms. The van der Waals surface area contributed by atoms with Crippen LogP contribution < -0.4 is 16.0 Å². The van der Waals surface area contributed by atoms with Crippen molar-refractivity contribution in [3.63, 3.8) is 0 Å². The van der Waals surface area contributed by atoms with Crippen LogP contribution in [-0.4, -0.2) is 18.3 Å². The molecule has 0 amide bonds. The molecule has 4 heterocycles. The van der Waals surface area contributed by atoms with Crippen molar-refractivity contribution in [2.45, 2.75) is 0 Å². The molecule has 0 fully saturated rings. The molecule has 516 valence electrons. The van der Waals surface area contributed by atoms with Crippen molar-refractivity contribution in [2.24, 2.45) is 0 Å². The van der Waals surface area contributed by atoms with Crippen LogP contribution in [0, 0.1) is 0 Å². The van der Waals surface area contributed by atoms with Crippen molar-refractivity contribution in [1.82, 2.24) is 18.3 Å². The molecule has 7 nitrogen and oxygen atoms in total. The lowest BCUT2D eigenvalue weighted by molar-refractivity contribution is 1.18. The van der Waals surface area contributed by atoms with Gasteiger partial charge in [-0.25, -0.2) is 0 Å². The quantitative estimate of drug-likeness (QED) is 0.108. The summed E-state index contributed by atoms with van der Waals surface area (Å²) in [6.45, 7) is 0. The van der Waals surface area contributed by atoms with Gasteiger partial charge in [0, 0.05) is 100.0 Å². The number of nitrogens with one attached hydrogen (secondary N) is 3. The lowest BCUT2D eigenvalue weighted by atomic mass is 10.1. The molecule has 0 saturated carbocycles. The van der Waals surface area contributed by atoms with Gasteiger partial charge in [0.2, 0.25) is 0 Å². The first-order valence-corrected chi connectivity index (χ1v) is 37.1. The van der Waals surface area contributed by atoms with Crippen molar-refractivity contribution in [3.8, 4) is 56.1 Å². The zero-order chi connectivity index (χ0) is 72.4. The number of hydrogen-bond acceptors (Lipinski definition) is 3. The zero-order valence-electron chi connectivity index (χ0n) is 59.7. The van der Waals surface area contributed by atoms with Crippen LogP contribution in [-0.2, 0) is 0 Å². The fourth-order valence-electron chi connectivity index (χ4n) is 15.7. The highest BCUT2D eigenvalue weighted by atomic mass is 15.0. The summed E-state index contributed by atoms with van der Waals surface area (Å²) < 4.78 is 9.43. The summed E-state index contributed by atoms with van der Waals surface area (Å²) in [5.74, 6) is 0. The van der Waals surface area contributed by atoms with E-state index in [0.717, 1.165) is 51.2 Å². The number of rotatable bonds is 13. The first-order chi connectivity index (χ1) is 54.0. The first-order valence-electron chi connectivity index (χ1n) is 37.1. The molecule has 0 unspecified atom stereocenters. The minimum absolute atomic E-state index is 1.05. The standard InChI is InChI=1S/C42H29N3.2C30H22N2/c1-3-11-29(12-4-1)30-19-23-34(24-20-30)45-40-18-10-8-16-36(40)38-26-22-32(28-42(38)45)43-31-21-25-37-35-15-7-9-17-39(35)44(41(37)27-31)33-13-5-2-6-14-33;1-3-9-22(10-4-1)23-15-18-26(19-16-23)32-29-14-8-7-13-27(29)28-20-17-25(21-30(28)32)31-24-11-5-2-6-12-24;1-3-9-22(10-4-1)23-15-17-24(18-16-23)31-25-19-20-30-28(21-25)27-13-7-8-14-29(27)32(30)26-11-5-2-6-12-26/h1-28,43H;2*1-21,31H. The molecule has 0 spiro atoms. The Labute approximate surface area is 632 Å². The van der Waals surface area contributed by atoms with E-state index in [2.05, 4.69) is 435 Å². The Morgan fingerprint density at radius 2 is 0.349 bits per heavy atom. The second-order valence-corrected chi connectivity index (χ2v) is 27.5. The van der Waals surface area contributed by atoms with Crippen LogP contribution in [0.3, 0.4) is 0 Å². The number of benzene rings is 17. The van der Waals surface area contributed by atoms with Crippen molar-refractivity contribution < 1.29 is 0 Å². The fourth-order valence-corrected chi connectivity index (χ4v) is 15.7. The summed E-state index contributed by atoms with van der Waals surface area (Å²) in [4.78, 5) is 0. The van der Waals surface area contributed by atoms with E-state index in [1.165, 1.54) is 126 Å². The van der Waals surface area contributed by atoms with E-state index in [0.29, 0.717) is 0 Å². The third kappa shape index (κ3) is 12.7. The molecule has 109 heavy (non-hydrogen) atoms. The van der Waals surface area contributed by atoms with Gasteiger partial charge in [-0.15, -0.1) is 0 Å². The van der Waals surface area contributed by atoms with Crippen LogP contribution in [0.4, 0.5) is 34.1 Å². The van der Waals surface area contributed by atoms with Crippen molar-refractivity contribution in [2.75, 3.05) is 16.0 Å². The Bertz CT molecular complexity index is 6810.